The van der Waals surface area contributed by atoms with Gasteiger partial charge in [0.15, 0.2) is 5.69 Å². The Morgan fingerprint density at radius 3 is 2.39 bits per heavy atom. The number of carbonyl (C=O) groups excluding carboxylic acids is 1. The summed E-state index contributed by atoms with van der Waals surface area (Å²) in [5, 5.41) is 12.8. The van der Waals surface area contributed by atoms with Crippen molar-refractivity contribution in [2.24, 2.45) is 0 Å². The predicted molar refractivity (Wildman–Crippen MR) is 107 cm³/mol. The summed E-state index contributed by atoms with van der Waals surface area (Å²) in [4.78, 5) is 17.8. The quantitative estimate of drug-likeness (QED) is 0.568. The first-order chi connectivity index (χ1) is 13.7. The zero-order valence-electron chi connectivity index (χ0n) is 15.2. The lowest BCUT2D eigenvalue weighted by Gasteiger charge is -2.17. The van der Waals surface area contributed by atoms with E-state index in [-0.39, 0.29) is 17.2 Å². The van der Waals surface area contributed by atoms with E-state index in [4.69, 9.17) is 0 Å². The van der Waals surface area contributed by atoms with E-state index in [9.17, 15) is 9.90 Å². The van der Waals surface area contributed by atoms with Gasteiger partial charge in [0, 0.05) is 11.8 Å². The fourth-order valence-electron chi connectivity index (χ4n) is 3.66. The van der Waals surface area contributed by atoms with Crippen molar-refractivity contribution in [2.75, 3.05) is 0 Å². The molecule has 0 bridgehead atoms. The smallest absolute Gasteiger partial charge is 0.272 e. The number of fused-ring (bicyclic) bond motifs is 1. The number of rotatable bonds is 4. The average Bonchev–Trinajstić information content (AvgIpc) is 3.41. The van der Waals surface area contributed by atoms with Gasteiger partial charge in [-0.1, -0.05) is 36.4 Å². The predicted octanol–water partition coefficient (Wildman–Crippen LogP) is 4.13. The van der Waals surface area contributed by atoms with Gasteiger partial charge in [-0.3, -0.25) is 9.20 Å². The van der Waals surface area contributed by atoms with Crippen LogP contribution in [0.2, 0.25) is 0 Å². The van der Waals surface area contributed by atoms with Crippen LogP contribution in [0.15, 0.2) is 79.0 Å². The summed E-state index contributed by atoms with van der Waals surface area (Å²) >= 11 is 0. The number of pyridine rings is 1. The van der Waals surface area contributed by atoms with Crippen LogP contribution in [0.1, 0.15) is 28.9 Å². The fourth-order valence-corrected chi connectivity index (χ4v) is 3.66. The summed E-state index contributed by atoms with van der Waals surface area (Å²) in [6, 6.07) is 22.6. The first-order valence-electron chi connectivity index (χ1n) is 9.31. The van der Waals surface area contributed by atoms with Gasteiger partial charge in [-0.15, -0.1) is 0 Å². The maximum atomic E-state index is 13.2. The minimum Gasteiger partial charge on any atom is -0.508 e. The van der Waals surface area contributed by atoms with Crippen molar-refractivity contribution in [3.05, 3.63) is 90.3 Å². The molecule has 4 aromatic rings. The van der Waals surface area contributed by atoms with Crippen LogP contribution in [0.4, 0.5) is 0 Å². The Morgan fingerprint density at radius 2 is 1.68 bits per heavy atom. The maximum Gasteiger partial charge on any atom is 0.272 e. The number of nitrogens with zero attached hydrogens (tertiary/aromatic N) is 2. The zero-order valence-corrected chi connectivity index (χ0v) is 15.2. The monoisotopic (exact) mass is 369 g/mol. The van der Waals surface area contributed by atoms with E-state index in [1.165, 1.54) is 0 Å². The Hall–Kier alpha value is -3.60. The van der Waals surface area contributed by atoms with E-state index in [2.05, 4.69) is 22.4 Å². The molecule has 1 aliphatic rings. The molecule has 138 valence electrons. The Kier molecular flexibility index (Phi) is 3.69. The zero-order chi connectivity index (χ0) is 19.1. The second-order valence-corrected chi connectivity index (χ2v) is 7.19. The lowest BCUT2D eigenvalue weighted by atomic mass is 10.0. The topological polar surface area (TPSA) is 66.6 Å². The van der Waals surface area contributed by atoms with Crippen molar-refractivity contribution in [2.45, 2.75) is 18.4 Å². The Labute approximate surface area is 162 Å². The van der Waals surface area contributed by atoms with Gasteiger partial charge in [-0.05, 0) is 54.8 Å². The summed E-state index contributed by atoms with van der Waals surface area (Å²) < 4.78 is 1.91. The summed E-state index contributed by atoms with van der Waals surface area (Å²) in [5.41, 5.74) is 2.84. The Balaban J connectivity index is 1.54. The van der Waals surface area contributed by atoms with Gasteiger partial charge in [-0.25, -0.2) is 4.98 Å². The molecule has 2 heterocycles. The van der Waals surface area contributed by atoms with Crippen molar-refractivity contribution >= 4 is 11.4 Å². The molecule has 0 spiro atoms. The molecule has 1 amide bonds. The Bertz CT molecular complexity index is 1160. The number of imidazole rings is 1. The van der Waals surface area contributed by atoms with Crippen LogP contribution in [0.25, 0.3) is 16.9 Å². The van der Waals surface area contributed by atoms with Crippen LogP contribution in [-0.2, 0) is 5.54 Å². The lowest BCUT2D eigenvalue weighted by molar-refractivity contribution is 0.0928. The minimum atomic E-state index is -0.290. The Morgan fingerprint density at radius 1 is 0.964 bits per heavy atom. The number of nitrogens with one attached hydrogen (secondary N) is 1. The van der Waals surface area contributed by atoms with Gasteiger partial charge in [0.05, 0.1) is 11.1 Å². The summed E-state index contributed by atoms with van der Waals surface area (Å²) in [7, 11) is 0. The van der Waals surface area contributed by atoms with E-state index < -0.39 is 0 Å². The first kappa shape index (κ1) is 16.6. The number of aromatic hydroxyl groups is 1. The highest BCUT2D eigenvalue weighted by Crippen LogP contribution is 2.45. The molecule has 2 N–H and O–H groups in total. The molecule has 1 saturated carbocycles. The number of carbonyl (C=O) groups is 1. The largest absolute Gasteiger partial charge is 0.508 e. The molecule has 1 aliphatic carbocycles. The van der Waals surface area contributed by atoms with Gasteiger partial charge < -0.3 is 10.4 Å². The summed E-state index contributed by atoms with van der Waals surface area (Å²) in [6.45, 7) is 0. The third-order valence-electron chi connectivity index (χ3n) is 5.32. The van der Waals surface area contributed by atoms with Crippen LogP contribution < -0.4 is 5.32 Å². The van der Waals surface area contributed by atoms with Crippen molar-refractivity contribution in [1.29, 1.82) is 0 Å². The molecule has 0 unspecified atom stereocenters. The van der Waals surface area contributed by atoms with Gasteiger partial charge in [-0.2, -0.15) is 0 Å². The summed E-state index contributed by atoms with van der Waals surface area (Å²) in [6.07, 6.45) is 3.75. The number of amides is 1. The van der Waals surface area contributed by atoms with Crippen LogP contribution in [0, 0.1) is 0 Å². The minimum absolute atomic E-state index is 0.171. The maximum absolute atomic E-state index is 13.2. The molecular weight excluding hydrogens is 350 g/mol. The number of phenolic OH excluding ortho intramolecular Hbond substituents is 1. The third-order valence-corrected chi connectivity index (χ3v) is 5.32. The molecule has 0 saturated heterocycles. The van der Waals surface area contributed by atoms with Gasteiger partial charge in [0.1, 0.15) is 11.6 Å². The fraction of sp³-hybridized carbons (Fsp3) is 0.130. The lowest BCUT2D eigenvalue weighted by Crippen LogP contribution is -2.35. The molecule has 0 radical (unpaired) electrons. The SMILES string of the molecule is O=C(NC1(c2ccccc2)CC1)c1nc(-c2ccc(O)cc2)n2ccccc12. The molecule has 28 heavy (non-hydrogen) atoms. The molecule has 1 fully saturated rings. The van der Waals surface area contributed by atoms with E-state index in [1.807, 2.05) is 47.0 Å². The molecule has 0 atom stereocenters. The number of hydrogen-bond donors (Lipinski definition) is 2. The van der Waals surface area contributed by atoms with Crippen molar-refractivity contribution in [3.8, 4) is 17.1 Å². The van der Waals surface area contributed by atoms with Crippen molar-refractivity contribution in [1.82, 2.24) is 14.7 Å². The number of hydrogen-bond acceptors (Lipinski definition) is 3. The van der Waals surface area contributed by atoms with Gasteiger partial charge in [0.2, 0.25) is 0 Å². The second-order valence-electron chi connectivity index (χ2n) is 7.19. The molecule has 2 aromatic carbocycles. The van der Waals surface area contributed by atoms with E-state index in [0.717, 1.165) is 29.5 Å². The number of aromatic nitrogens is 2. The number of phenols is 1. The molecule has 2 aromatic heterocycles. The molecule has 0 aliphatic heterocycles. The molecule has 5 rings (SSSR count). The number of benzene rings is 2. The normalized spacial score (nSPS) is 14.7. The third kappa shape index (κ3) is 2.72. The van der Waals surface area contributed by atoms with E-state index in [0.29, 0.717) is 11.5 Å². The van der Waals surface area contributed by atoms with Crippen molar-refractivity contribution in [3.63, 3.8) is 0 Å². The average molecular weight is 369 g/mol. The second kappa shape index (κ2) is 6.23. The van der Waals surface area contributed by atoms with E-state index >= 15 is 0 Å². The van der Waals surface area contributed by atoms with Crippen molar-refractivity contribution < 1.29 is 9.90 Å². The van der Waals surface area contributed by atoms with Crippen LogP contribution in [0.5, 0.6) is 5.75 Å². The van der Waals surface area contributed by atoms with E-state index in [1.54, 1.807) is 24.3 Å². The molecular formula is C23H19N3O2. The standard InChI is InChI=1S/C23H19N3O2/c27-18-11-9-16(10-12-18)21-24-20(19-8-4-5-15-26(19)21)22(28)25-23(13-14-23)17-6-2-1-3-7-17/h1-12,15,27H,13-14H2,(H,25,28). The van der Waals surface area contributed by atoms with Crippen LogP contribution in [-0.4, -0.2) is 20.4 Å². The van der Waals surface area contributed by atoms with Gasteiger partial charge in [0.25, 0.3) is 5.91 Å². The highest BCUT2D eigenvalue weighted by molar-refractivity contribution is 6.00. The molecule has 5 heteroatoms. The summed E-state index contributed by atoms with van der Waals surface area (Å²) in [5.74, 6) is 0.696. The first-order valence-corrected chi connectivity index (χ1v) is 9.31. The highest BCUT2D eigenvalue weighted by atomic mass is 16.3. The van der Waals surface area contributed by atoms with Gasteiger partial charge >= 0.3 is 0 Å². The van der Waals surface area contributed by atoms with Crippen LogP contribution >= 0.6 is 0 Å². The molecule has 5 nitrogen and oxygen atoms in total. The highest BCUT2D eigenvalue weighted by Gasteiger charge is 2.46. The van der Waals surface area contributed by atoms with Crippen LogP contribution in [0.3, 0.4) is 0 Å².